The Morgan fingerprint density at radius 2 is 1.91 bits per heavy atom. The molecule has 0 radical (unpaired) electrons. The van der Waals surface area contributed by atoms with Crippen LogP contribution in [0, 0.1) is 0 Å². The Kier molecular flexibility index (Phi) is 10.2. The molecule has 11 heavy (non-hydrogen) atoms. The number of hydrogen-bond acceptors (Lipinski definition) is 5. The summed E-state index contributed by atoms with van der Waals surface area (Å²) in [4.78, 5) is 10.4. The maximum atomic E-state index is 10.4. The summed E-state index contributed by atoms with van der Waals surface area (Å²) in [6.07, 6.45) is 0. The summed E-state index contributed by atoms with van der Waals surface area (Å²) in [6, 6.07) is 0. The van der Waals surface area contributed by atoms with Gasteiger partial charge in [-0.25, -0.2) is 0 Å². The second-order valence-corrected chi connectivity index (χ2v) is 2.97. The SMILES string of the molecule is COCCOP(=O)([O-])OC.[Na+]. The van der Waals surface area contributed by atoms with E-state index in [4.69, 9.17) is 0 Å². The fourth-order valence-electron chi connectivity index (χ4n) is 0.285. The second kappa shape index (κ2) is 7.71. The first kappa shape index (κ1) is 14.6. The zero-order valence-electron chi connectivity index (χ0n) is 6.90. The maximum Gasteiger partial charge on any atom is 1.00 e. The van der Waals surface area contributed by atoms with Gasteiger partial charge in [-0.1, -0.05) is 0 Å². The van der Waals surface area contributed by atoms with Gasteiger partial charge in [-0.2, -0.15) is 0 Å². The first-order valence-electron chi connectivity index (χ1n) is 2.62. The number of methoxy groups -OCH3 is 1. The van der Waals surface area contributed by atoms with Crippen LogP contribution < -0.4 is 34.5 Å². The third kappa shape index (κ3) is 8.98. The van der Waals surface area contributed by atoms with Gasteiger partial charge in [-0.15, -0.1) is 0 Å². The average Bonchev–Trinajstić information content (AvgIpc) is 1.89. The van der Waals surface area contributed by atoms with E-state index >= 15 is 0 Å². The summed E-state index contributed by atoms with van der Waals surface area (Å²) in [5.41, 5.74) is 0. The van der Waals surface area contributed by atoms with Crippen molar-refractivity contribution in [2.24, 2.45) is 0 Å². The van der Waals surface area contributed by atoms with Gasteiger partial charge in [0.15, 0.2) is 0 Å². The summed E-state index contributed by atoms with van der Waals surface area (Å²) in [5, 5.41) is 0. The molecule has 62 valence electrons. The molecule has 0 rings (SSSR count). The Hall–Kier alpha value is 1.07. The van der Waals surface area contributed by atoms with Crippen molar-refractivity contribution in [1.82, 2.24) is 0 Å². The average molecular weight is 192 g/mol. The van der Waals surface area contributed by atoms with Crippen molar-refractivity contribution in [2.75, 3.05) is 27.4 Å². The Labute approximate surface area is 87.9 Å². The molecule has 0 spiro atoms. The quantitative estimate of drug-likeness (QED) is 0.260. The number of phosphoric acid groups is 1. The minimum Gasteiger partial charge on any atom is -0.756 e. The molecule has 1 atom stereocenters. The molecule has 0 aliphatic carbocycles. The Balaban J connectivity index is 0. The van der Waals surface area contributed by atoms with E-state index in [0.717, 1.165) is 7.11 Å². The van der Waals surface area contributed by atoms with Crippen molar-refractivity contribution in [3.05, 3.63) is 0 Å². The monoisotopic (exact) mass is 192 g/mol. The summed E-state index contributed by atoms with van der Waals surface area (Å²) in [7, 11) is -1.54. The molecule has 0 fully saturated rings. The molecule has 0 amide bonds. The van der Waals surface area contributed by atoms with Crippen LogP contribution in [-0.2, 0) is 18.3 Å². The molecule has 0 heterocycles. The topological polar surface area (TPSA) is 67.8 Å². The summed E-state index contributed by atoms with van der Waals surface area (Å²) < 4.78 is 23.2. The normalized spacial score (nSPS) is 15.2. The van der Waals surface area contributed by atoms with Crippen molar-refractivity contribution in [2.45, 2.75) is 0 Å². The smallest absolute Gasteiger partial charge is 0.756 e. The Morgan fingerprint density at radius 3 is 2.27 bits per heavy atom. The van der Waals surface area contributed by atoms with E-state index in [1.807, 2.05) is 0 Å². The van der Waals surface area contributed by atoms with Crippen LogP contribution in [0.2, 0.25) is 0 Å². The number of ether oxygens (including phenoxy) is 1. The summed E-state index contributed by atoms with van der Waals surface area (Å²) >= 11 is 0. The van der Waals surface area contributed by atoms with Gasteiger partial charge in [0.2, 0.25) is 0 Å². The Bertz CT molecular complexity index is 130. The predicted octanol–water partition coefficient (Wildman–Crippen LogP) is -3.23. The molecule has 0 N–H and O–H groups in total. The molecule has 5 nitrogen and oxygen atoms in total. The molecule has 0 aromatic carbocycles. The standard InChI is InChI=1S/C4H11O5P.Na/c1-7-3-4-9-10(5,6)8-2;/h3-4H2,1-2H3,(H,5,6);/q;+1/p-1. The van der Waals surface area contributed by atoms with Crippen molar-refractivity contribution >= 4 is 7.82 Å². The summed E-state index contributed by atoms with van der Waals surface area (Å²) in [6.45, 7) is 0.223. The van der Waals surface area contributed by atoms with Crippen LogP contribution in [0.3, 0.4) is 0 Å². The van der Waals surface area contributed by atoms with E-state index < -0.39 is 7.82 Å². The van der Waals surface area contributed by atoms with Gasteiger partial charge in [0, 0.05) is 14.2 Å². The van der Waals surface area contributed by atoms with Crippen LogP contribution in [0.4, 0.5) is 0 Å². The van der Waals surface area contributed by atoms with Crippen LogP contribution in [0.5, 0.6) is 0 Å². The molecule has 0 aliphatic rings. The van der Waals surface area contributed by atoms with E-state index in [0.29, 0.717) is 0 Å². The second-order valence-electron chi connectivity index (χ2n) is 1.46. The first-order valence-corrected chi connectivity index (χ1v) is 4.08. The van der Waals surface area contributed by atoms with E-state index in [1.54, 1.807) is 0 Å². The molecule has 0 saturated carbocycles. The van der Waals surface area contributed by atoms with Gasteiger partial charge in [0.25, 0.3) is 7.82 Å². The van der Waals surface area contributed by atoms with Gasteiger partial charge < -0.3 is 18.7 Å². The first-order chi connectivity index (χ1) is 4.62. The van der Waals surface area contributed by atoms with Crippen molar-refractivity contribution in [3.63, 3.8) is 0 Å². The largest absolute Gasteiger partial charge is 1.00 e. The third-order valence-electron chi connectivity index (χ3n) is 0.760. The van der Waals surface area contributed by atoms with Crippen LogP contribution >= 0.6 is 7.82 Å². The molecular formula is C4H10NaO5P. The molecule has 1 unspecified atom stereocenters. The third-order valence-corrected chi connectivity index (χ3v) is 1.71. The van der Waals surface area contributed by atoms with Gasteiger partial charge in [-0.3, -0.25) is 4.57 Å². The number of phosphoric ester groups is 1. The van der Waals surface area contributed by atoms with Crippen LogP contribution in [-0.4, -0.2) is 27.4 Å². The van der Waals surface area contributed by atoms with Gasteiger partial charge in [0.05, 0.1) is 13.2 Å². The minimum atomic E-state index is -4.03. The van der Waals surface area contributed by atoms with E-state index in [1.165, 1.54) is 7.11 Å². The fourth-order valence-corrected chi connectivity index (χ4v) is 0.689. The van der Waals surface area contributed by atoms with Gasteiger partial charge in [-0.05, 0) is 0 Å². The van der Waals surface area contributed by atoms with E-state index in [-0.39, 0.29) is 42.8 Å². The van der Waals surface area contributed by atoms with Gasteiger partial charge in [0.1, 0.15) is 0 Å². The van der Waals surface area contributed by atoms with E-state index in [2.05, 4.69) is 13.8 Å². The molecule has 0 bridgehead atoms. The zero-order valence-corrected chi connectivity index (χ0v) is 9.80. The Morgan fingerprint density at radius 1 is 1.36 bits per heavy atom. The van der Waals surface area contributed by atoms with Crippen molar-refractivity contribution in [1.29, 1.82) is 0 Å². The molecular weight excluding hydrogens is 182 g/mol. The van der Waals surface area contributed by atoms with E-state index in [9.17, 15) is 9.46 Å². The van der Waals surface area contributed by atoms with Crippen LogP contribution in [0.1, 0.15) is 0 Å². The zero-order chi connectivity index (χ0) is 8.04. The van der Waals surface area contributed by atoms with Gasteiger partial charge >= 0.3 is 29.6 Å². The van der Waals surface area contributed by atoms with Crippen LogP contribution in [0.15, 0.2) is 0 Å². The van der Waals surface area contributed by atoms with Crippen molar-refractivity contribution < 1.29 is 52.8 Å². The molecule has 0 aromatic rings. The predicted molar refractivity (Wildman–Crippen MR) is 32.4 cm³/mol. The molecule has 0 aromatic heterocycles. The molecule has 0 saturated heterocycles. The maximum absolute atomic E-state index is 10.4. The van der Waals surface area contributed by atoms with Crippen LogP contribution in [0.25, 0.3) is 0 Å². The number of rotatable bonds is 5. The number of hydrogen-bond donors (Lipinski definition) is 0. The fraction of sp³-hybridized carbons (Fsp3) is 1.00. The van der Waals surface area contributed by atoms with Crippen molar-refractivity contribution in [3.8, 4) is 0 Å². The summed E-state index contributed by atoms with van der Waals surface area (Å²) in [5.74, 6) is 0. The molecule has 7 heteroatoms. The minimum absolute atomic E-state index is 0. The molecule has 0 aliphatic heterocycles.